The third-order valence-corrected chi connectivity index (χ3v) is 2.76. The molecule has 0 unspecified atom stereocenters. The van der Waals surface area contributed by atoms with Crippen LogP contribution in [-0.4, -0.2) is 22.0 Å². The number of halogens is 2. The molecule has 1 heterocycles. The van der Waals surface area contributed by atoms with Gasteiger partial charge < -0.3 is 10.4 Å². The van der Waals surface area contributed by atoms with Crippen LogP contribution in [0, 0.1) is 5.95 Å². The van der Waals surface area contributed by atoms with Gasteiger partial charge in [0.1, 0.15) is 0 Å². The zero-order valence-corrected chi connectivity index (χ0v) is 10.7. The highest BCUT2D eigenvalue weighted by atomic mass is 35.5. The fourth-order valence-electron chi connectivity index (χ4n) is 1.48. The number of carbonyl (C=O) groups excluding carboxylic acids is 1. The van der Waals surface area contributed by atoms with Crippen LogP contribution in [0.25, 0.3) is 0 Å². The summed E-state index contributed by atoms with van der Waals surface area (Å²) in [7, 11) is 0. The van der Waals surface area contributed by atoms with E-state index in [1.165, 1.54) is 24.3 Å². The van der Waals surface area contributed by atoms with E-state index in [1.807, 2.05) is 0 Å². The molecule has 2 N–H and O–H groups in total. The first kappa shape index (κ1) is 14.0. The maximum atomic E-state index is 12.6. The van der Waals surface area contributed by atoms with Crippen molar-refractivity contribution in [1.29, 1.82) is 0 Å². The number of aromatic nitrogens is 1. The molecule has 0 aliphatic carbocycles. The Morgan fingerprint density at radius 1 is 1.25 bits per heavy atom. The number of anilines is 1. The van der Waals surface area contributed by atoms with E-state index in [1.54, 1.807) is 0 Å². The molecule has 7 heteroatoms. The summed E-state index contributed by atoms with van der Waals surface area (Å²) in [5.74, 6) is -2.34. The average molecular weight is 295 g/mol. The van der Waals surface area contributed by atoms with Gasteiger partial charge in [-0.3, -0.25) is 4.79 Å². The van der Waals surface area contributed by atoms with Crippen LogP contribution in [0.15, 0.2) is 36.5 Å². The SMILES string of the molecule is O=C(Nc1ccc(C(=O)O)c(Cl)c1)c1ccc(F)nc1. The standard InChI is InChI=1S/C13H8ClFN2O3/c14-10-5-8(2-3-9(10)13(19)20)17-12(18)7-1-4-11(15)16-6-7/h1-6H,(H,17,18)(H,19,20). The lowest BCUT2D eigenvalue weighted by molar-refractivity contribution is 0.0697. The number of aromatic carboxylic acids is 1. The third-order valence-electron chi connectivity index (χ3n) is 2.45. The van der Waals surface area contributed by atoms with Crippen LogP contribution >= 0.6 is 11.6 Å². The fourth-order valence-corrected chi connectivity index (χ4v) is 1.74. The van der Waals surface area contributed by atoms with Gasteiger partial charge in [-0.25, -0.2) is 9.78 Å². The lowest BCUT2D eigenvalue weighted by atomic mass is 10.2. The first-order chi connectivity index (χ1) is 9.47. The number of rotatable bonds is 3. The van der Waals surface area contributed by atoms with Crippen molar-refractivity contribution in [3.05, 3.63) is 58.6 Å². The normalized spacial score (nSPS) is 10.1. The molecule has 0 bridgehead atoms. The molecule has 0 aliphatic heterocycles. The minimum absolute atomic E-state index is 0.00697. The van der Waals surface area contributed by atoms with Crippen LogP contribution in [0.3, 0.4) is 0 Å². The van der Waals surface area contributed by atoms with Crippen molar-refractivity contribution >= 4 is 29.2 Å². The highest BCUT2D eigenvalue weighted by molar-refractivity contribution is 6.33. The summed E-state index contributed by atoms with van der Waals surface area (Å²) >= 11 is 5.78. The fraction of sp³-hybridized carbons (Fsp3) is 0. The van der Waals surface area contributed by atoms with E-state index in [0.717, 1.165) is 12.3 Å². The van der Waals surface area contributed by atoms with Gasteiger partial charge in [0, 0.05) is 11.9 Å². The smallest absolute Gasteiger partial charge is 0.337 e. The van der Waals surface area contributed by atoms with Crippen molar-refractivity contribution in [3.8, 4) is 0 Å². The number of nitrogens with zero attached hydrogens (tertiary/aromatic N) is 1. The average Bonchev–Trinajstić information content (AvgIpc) is 2.39. The molecule has 0 aliphatic rings. The number of nitrogens with one attached hydrogen (secondary N) is 1. The molecule has 0 spiro atoms. The van der Waals surface area contributed by atoms with Gasteiger partial charge in [0.2, 0.25) is 5.95 Å². The lowest BCUT2D eigenvalue weighted by Crippen LogP contribution is -2.12. The lowest BCUT2D eigenvalue weighted by Gasteiger charge is -2.06. The Labute approximate surface area is 118 Å². The number of carboxylic acids is 1. The molecule has 102 valence electrons. The molecule has 0 saturated carbocycles. The summed E-state index contributed by atoms with van der Waals surface area (Å²) in [6.45, 7) is 0. The largest absolute Gasteiger partial charge is 0.478 e. The van der Waals surface area contributed by atoms with Crippen molar-refractivity contribution in [1.82, 2.24) is 4.98 Å². The van der Waals surface area contributed by atoms with E-state index in [4.69, 9.17) is 16.7 Å². The first-order valence-corrected chi connectivity index (χ1v) is 5.81. The third kappa shape index (κ3) is 3.10. The van der Waals surface area contributed by atoms with Gasteiger partial charge in [0.05, 0.1) is 16.1 Å². The van der Waals surface area contributed by atoms with E-state index in [0.29, 0.717) is 5.69 Å². The van der Waals surface area contributed by atoms with Crippen LogP contribution in [0.5, 0.6) is 0 Å². The quantitative estimate of drug-likeness (QED) is 0.853. The number of hydrogen-bond donors (Lipinski definition) is 2. The number of hydrogen-bond acceptors (Lipinski definition) is 3. The second-order valence-electron chi connectivity index (χ2n) is 3.82. The predicted molar refractivity (Wildman–Crippen MR) is 70.6 cm³/mol. The second-order valence-corrected chi connectivity index (χ2v) is 4.23. The number of benzene rings is 1. The number of carboxylic acid groups (broad SMARTS) is 1. The predicted octanol–water partition coefficient (Wildman–Crippen LogP) is 2.82. The van der Waals surface area contributed by atoms with Crippen LogP contribution in [0.4, 0.5) is 10.1 Å². The van der Waals surface area contributed by atoms with Gasteiger partial charge in [-0.05, 0) is 30.3 Å². The monoisotopic (exact) mass is 294 g/mol. The molecular weight excluding hydrogens is 287 g/mol. The molecule has 20 heavy (non-hydrogen) atoms. The number of pyridine rings is 1. The van der Waals surface area contributed by atoms with Gasteiger partial charge in [-0.15, -0.1) is 0 Å². The zero-order valence-electron chi connectivity index (χ0n) is 9.93. The minimum Gasteiger partial charge on any atom is -0.478 e. The minimum atomic E-state index is -1.16. The Bertz CT molecular complexity index is 674. The molecule has 5 nitrogen and oxygen atoms in total. The summed E-state index contributed by atoms with van der Waals surface area (Å²) in [5.41, 5.74) is 0.437. The molecule has 1 amide bonds. The summed E-state index contributed by atoms with van der Waals surface area (Å²) in [5, 5.41) is 11.3. The van der Waals surface area contributed by atoms with Crippen LogP contribution in [0.2, 0.25) is 5.02 Å². The Balaban J connectivity index is 2.18. The molecule has 0 radical (unpaired) electrons. The summed E-state index contributed by atoms with van der Waals surface area (Å²) in [4.78, 5) is 26.0. The Hall–Kier alpha value is -2.47. The summed E-state index contributed by atoms with van der Waals surface area (Å²) in [6, 6.07) is 6.35. The molecule has 1 aromatic heterocycles. The first-order valence-electron chi connectivity index (χ1n) is 5.43. The van der Waals surface area contributed by atoms with Crippen molar-refractivity contribution < 1.29 is 19.1 Å². The van der Waals surface area contributed by atoms with E-state index >= 15 is 0 Å². The molecule has 0 saturated heterocycles. The summed E-state index contributed by atoms with van der Waals surface area (Å²) in [6.07, 6.45) is 1.10. The van der Waals surface area contributed by atoms with E-state index in [9.17, 15) is 14.0 Å². The number of amides is 1. The molecule has 0 fully saturated rings. The molecule has 2 rings (SSSR count). The summed E-state index contributed by atoms with van der Waals surface area (Å²) < 4.78 is 12.6. The molecule has 1 aromatic carbocycles. The van der Waals surface area contributed by atoms with Gasteiger partial charge in [-0.1, -0.05) is 11.6 Å². The molecule has 0 atom stereocenters. The maximum absolute atomic E-state index is 12.6. The molecular formula is C13H8ClFN2O3. The van der Waals surface area contributed by atoms with Crippen molar-refractivity contribution in [2.75, 3.05) is 5.32 Å². The Kier molecular flexibility index (Phi) is 3.95. The highest BCUT2D eigenvalue weighted by Crippen LogP contribution is 2.21. The second kappa shape index (κ2) is 5.66. The van der Waals surface area contributed by atoms with E-state index < -0.39 is 17.8 Å². The van der Waals surface area contributed by atoms with Crippen molar-refractivity contribution in [2.24, 2.45) is 0 Å². The zero-order chi connectivity index (χ0) is 14.7. The van der Waals surface area contributed by atoms with Gasteiger partial charge in [0.25, 0.3) is 5.91 Å². The Morgan fingerprint density at radius 2 is 2.00 bits per heavy atom. The molecule has 2 aromatic rings. The van der Waals surface area contributed by atoms with E-state index in [-0.39, 0.29) is 16.1 Å². The Morgan fingerprint density at radius 3 is 2.55 bits per heavy atom. The van der Waals surface area contributed by atoms with Gasteiger partial charge >= 0.3 is 5.97 Å². The van der Waals surface area contributed by atoms with Crippen molar-refractivity contribution in [2.45, 2.75) is 0 Å². The van der Waals surface area contributed by atoms with Crippen LogP contribution in [-0.2, 0) is 0 Å². The van der Waals surface area contributed by atoms with Crippen molar-refractivity contribution in [3.63, 3.8) is 0 Å². The highest BCUT2D eigenvalue weighted by Gasteiger charge is 2.11. The maximum Gasteiger partial charge on any atom is 0.337 e. The van der Waals surface area contributed by atoms with Gasteiger partial charge in [-0.2, -0.15) is 4.39 Å². The van der Waals surface area contributed by atoms with Crippen LogP contribution < -0.4 is 5.32 Å². The van der Waals surface area contributed by atoms with E-state index in [2.05, 4.69) is 10.3 Å². The van der Waals surface area contributed by atoms with Crippen LogP contribution in [0.1, 0.15) is 20.7 Å². The topological polar surface area (TPSA) is 79.3 Å². The number of carbonyl (C=O) groups is 2. The van der Waals surface area contributed by atoms with Gasteiger partial charge in [0.15, 0.2) is 0 Å².